The number of methoxy groups -OCH3 is 2. The molecule has 3 rings (SSSR count). The summed E-state index contributed by atoms with van der Waals surface area (Å²) in [6.07, 6.45) is -0.832. The normalized spacial score (nSPS) is 14.2. The molecular formula is C25H28F3NO4. The number of hydrogen-bond acceptors (Lipinski definition) is 4. The van der Waals surface area contributed by atoms with Crippen LogP contribution in [0, 0.1) is 0 Å². The Morgan fingerprint density at radius 2 is 1.73 bits per heavy atom. The molecule has 0 aliphatic heterocycles. The number of hydrogen-bond donors (Lipinski definition) is 0. The van der Waals surface area contributed by atoms with Gasteiger partial charge in [0.25, 0.3) is 0 Å². The Balaban J connectivity index is 2.12. The van der Waals surface area contributed by atoms with Gasteiger partial charge in [0.05, 0.1) is 26.2 Å². The fraction of sp³-hybridized carbons (Fsp3) is 0.440. The second-order valence-corrected chi connectivity index (χ2v) is 8.24. The molecule has 0 atom stereocenters. The molecule has 2 aromatic carbocycles. The molecule has 0 spiro atoms. The third-order valence-corrected chi connectivity index (χ3v) is 6.07. The standard InChI is InChI=1S/C25H28F3NO4/c1-16(30)29(20-6-4-5-7-20)15-18-14-19(25(26,27)28)9-10-21(18)22-12-17(13-24(31)33-3)8-11-23(22)32-2/h8-12,14,20H,4-7,13,15H2,1-3H3. The number of ether oxygens (including phenoxy) is 2. The molecule has 0 radical (unpaired) electrons. The van der Waals surface area contributed by atoms with E-state index in [9.17, 15) is 22.8 Å². The maximum Gasteiger partial charge on any atom is 0.416 e. The van der Waals surface area contributed by atoms with Crippen LogP contribution in [0.3, 0.4) is 0 Å². The predicted molar refractivity (Wildman–Crippen MR) is 118 cm³/mol. The van der Waals surface area contributed by atoms with Crippen molar-refractivity contribution < 1.29 is 32.2 Å². The van der Waals surface area contributed by atoms with Crippen molar-refractivity contribution in [2.75, 3.05) is 14.2 Å². The SMILES string of the molecule is COC(=O)Cc1ccc(OC)c(-c2ccc(C(F)(F)F)cc2CN(C(C)=O)C2CCCC2)c1. The molecule has 1 amide bonds. The third kappa shape index (κ3) is 5.86. The van der Waals surface area contributed by atoms with Gasteiger partial charge >= 0.3 is 12.1 Å². The summed E-state index contributed by atoms with van der Waals surface area (Å²) in [4.78, 5) is 25.8. The second kappa shape index (κ2) is 10.3. The molecule has 1 aliphatic carbocycles. The molecule has 0 aromatic heterocycles. The van der Waals surface area contributed by atoms with E-state index in [1.807, 2.05) is 0 Å². The van der Waals surface area contributed by atoms with Crippen molar-refractivity contribution >= 4 is 11.9 Å². The van der Waals surface area contributed by atoms with Crippen molar-refractivity contribution in [3.63, 3.8) is 0 Å². The Bertz CT molecular complexity index is 1010. The largest absolute Gasteiger partial charge is 0.496 e. The Labute approximate surface area is 191 Å². The summed E-state index contributed by atoms with van der Waals surface area (Å²) in [5, 5.41) is 0. The first-order chi connectivity index (χ1) is 15.6. The minimum atomic E-state index is -4.52. The van der Waals surface area contributed by atoms with E-state index in [1.165, 1.54) is 27.2 Å². The lowest BCUT2D eigenvalue weighted by molar-refractivity contribution is -0.140. The first-order valence-corrected chi connectivity index (χ1v) is 10.9. The van der Waals surface area contributed by atoms with Crippen molar-refractivity contribution in [3.05, 3.63) is 53.1 Å². The first-order valence-electron chi connectivity index (χ1n) is 10.9. The number of benzene rings is 2. The Hall–Kier alpha value is -3.03. The van der Waals surface area contributed by atoms with E-state index in [1.54, 1.807) is 23.1 Å². The van der Waals surface area contributed by atoms with Crippen LogP contribution < -0.4 is 4.74 Å². The monoisotopic (exact) mass is 463 g/mol. The first kappa shape index (κ1) is 24.6. The van der Waals surface area contributed by atoms with E-state index >= 15 is 0 Å². The highest BCUT2D eigenvalue weighted by molar-refractivity contribution is 5.78. The van der Waals surface area contributed by atoms with E-state index in [4.69, 9.17) is 9.47 Å². The molecule has 0 heterocycles. The number of halogens is 3. The van der Waals surface area contributed by atoms with Gasteiger partial charge in [-0.25, -0.2) is 0 Å². The van der Waals surface area contributed by atoms with Crippen molar-refractivity contribution in [1.82, 2.24) is 4.90 Å². The summed E-state index contributed by atoms with van der Waals surface area (Å²) in [7, 11) is 2.77. The summed E-state index contributed by atoms with van der Waals surface area (Å²) >= 11 is 0. The van der Waals surface area contributed by atoms with E-state index in [2.05, 4.69) is 0 Å². The lowest BCUT2D eigenvalue weighted by atomic mass is 9.94. The molecule has 1 aliphatic rings. The average molecular weight is 463 g/mol. The zero-order valence-electron chi connectivity index (χ0n) is 19.0. The van der Waals surface area contributed by atoms with Crippen molar-refractivity contribution in [3.8, 4) is 16.9 Å². The van der Waals surface area contributed by atoms with Crippen LogP contribution in [0.15, 0.2) is 36.4 Å². The van der Waals surface area contributed by atoms with E-state index in [0.717, 1.165) is 37.8 Å². The van der Waals surface area contributed by atoms with E-state index in [0.29, 0.717) is 28.0 Å². The van der Waals surface area contributed by atoms with E-state index in [-0.39, 0.29) is 24.9 Å². The Morgan fingerprint density at radius 1 is 1.03 bits per heavy atom. The lowest BCUT2D eigenvalue weighted by Crippen LogP contribution is -2.36. The minimum Gasteiger partial charge on any atom is -0.496 e. The molecule has 1 saturated carbocycles. The molecule has 8 heteroatoms. The highest BCUT2D eigenvalue weighted by Gasteiger charge is 2.32. The highest BCUT2D eigenvalue weighted by atomic mass is 19.4. The van der Waals surface area contributed by atoms with Gasteiger partial charge in [0.2, 0.25) is 5.91 Å². The van der Waals surface area contributed by atoms with Gasteiger partial charge in [0.1, 0.15) is 5.75 Å². The molecule has 1 fully saturated rings. The van der Waals surface area contributed by atoms with Gasteiger partial charge in [0, 0.05) is 25.1 Å². The van der Waals surface area contributed by atoms with Crippen LogP contribution in [0.1, 0.15) is 49.3 Å². The molecule has 2 aromatic rings. The number of esters is 1. The van der Waals surface area contributed by atoms with Gasteiger partial charge in [-0.1, -0.05) is 25.0 Å². The van der Waals surface area contributed by atoms with Crippen LogP contribution in [-0.4, -0.2) is 37.0 Å². The molecule has 0 N–H and O–H groups in total. The van der Waals surface area contributed by atoms with Gasteiger partial charge in [-0.15, -0.1) is 0 Å². The molecule has 5 nitrogen and oxygen atoms in total. The van der Waals surface area contributed by atoms with Crippen LogP contribution in [-0.2, 0) is 33.5 Å². The second-order valence-electron chi connectivity index (χ2n) is 8.24. The van der Waals surface area contributed by atoms with Crippen LogP contribution >= 0.6 is 0 Å². The maximum absolute atomic E-state index is 13.5. The van der Waals surface area contributed by atoms with Crippen molar-refractivity contribution in [2.24, 2.45) is 0 Å². The topological polar surface area (TPSA) is 55.8 Å². The fourth-order valence-electron chi connectivity index (χ4n) is 4.38. The number of carbonyl (C=O) groups is 2. The quantitative estimate of drug-likeness (QED) is 0.517. The number of amides is 1. The van der Waals surface area contributed by atoms with Gasteiger partial charge < -0.3 is 14.4 Å². The van der Waals surface area contributed by atoms with Crippen molar-refractivity contribution in [1.29, 1.82) is 0 Å². The predicted octanol–water partition coefficient (Wildman–Crippen LogP) is 5.39. The molecular weight excluding hydrogens is 435 g/mol. The van der Waals surface area contributed by atoms with Gasteiger partial charge in [0.15, 0.2) is 0 Å². The molecule has 0 bridgehead atoms. The lowest BCUT2D eigenvalue weighted by Gasteiger charge is -2.29. The maximum atomic E-state index is 13.5. The smallest absolute Gasteiger partial charge is 0.416 e. The summed E-state index contributed by atoms with van der Waals surface area (Å²) < 4.78 is 50.8. The number of carbonyl (C=O) groups excluding carboxylic acids is 2. The van der Waals surface area contributed by atoms with Crippen LogP contribution in [0.5, 0.6) is 5.75 Å². The van der Waals surface area contributed by atoms with Crippen LogP contribution in [0.2, 0.25) is 0 Å². The summed E-state index contributed by atoms with van der Waals surface area (Å²) in [5.41, 5.74) is 1.32. The average Bonchev–Trinajstić information content (AvgIpc) is 3.30. The number of alkyl halides is 3. The zero-order chi connectivity index (χ0) is 24.2. The third-order valence-electron chi connectivity index (χ3n) is 6.07. The molecule has 0 unspecified atom stereocenters. The minimum absolute atomic E-state index is 0.0115. The fourth-order valence-corrected chi connectivity index (χ4v) is 4.38. The number of rotatable bonds is 7. The van der Waals surface area contributed by atoms with E-state index < -0.39 is 17.7 Å². The molecule has 33 heavy (non-hydrogen) atoms. The van der Waals surface area contributed by atoms with Gasteiger partial charge in [-0.2, -0.15) is 13.2 Å². The van der Waals surface area contributed by atoms with Crippen molar-refractivity contribution in [2.45, 2.75) is 57.8 Å². The van der Waals surface area contributed by atoms with Gasteiger partial charge in [-0.3, -0.25) is 9.59 Å². The summed E-state index contributed by atoms with van der Waals surface area (Å²) in [5.74, 6) is -0.140. The summed E-state index contributed by atoms with van der Waals surface area (Å²) in [6.45, 7) is 1.51. The highest BCUT2D eigenvalue weighted by Crippen LogP contribution is 2.38. The molecule has 178 valence electrons. The Morgan fingerprint density at radius 3 is 2.30 bits per heavy atom. The zero-order valence-corrected chi connectivity index (χ0v) is 19.0. The summed E-state index contributed by atoms with van der Waals surface area (Å²) in [6, 6.07) is 8.65. The van der Waals surface area contributed by atoms with Gasteiger partial charge in [-0.05, 0) is 53.8 Å². The molecule has 0 saturated heterocycles. The number of nitrogens with zero attached hydrogens (tertiary/aromatic N) is 1. The van der Waals surface area contributed by atoms with Crippen LogP contribution in [0.25, 0.3) is 11.1 Å². The van der Waals surface area contributed by atoms with Crippen LogP contribution in [0.4, 0.5) is 13.2 Å². The Kier molecular flexibility index (Phi) is 7.66.